The first kappa shape index (κ1) is 8.25. The zero-order valence-electron chi connectivity index (χ0n) is 5.30. The maximum Gasteiger partial charge on any atom is 0.352 e. The van der Waals surface area contributed by atoms with Gasteiger partial charge in [-0.15, -0.1) is 0 Å². The highest BCUT2D eigenvalue weighted by molar-refractivity contribution is 14.1. The Kier molecular flexibility index (Phi) is 2.28. The van der Waals surface area contributed by atoms with Crippen molar-refractivity contribution >= 4 is 34.8 Å². The number of carboxylic acid groups (broad SMARTS) is 1. The molecule has 0 unspecified atom stereocenters. The van der Waals surface area contributed by atoms with E-state index in [0.29, 0.717) is 15.6 Å². The van der Waals surface area contributed by atoms with Crippen LogP contribution in [0.1, 0.15) is 20.8 Å². The number of halogens is 1. The van der Waals surface area contributed by atoms with Crippen LogP contribution in [0.5, 0.6) is 0 Å². The smallest absolute Gasteiger partial charge is 0.352 e. The van der Waals surface area contributed by atoms with Crippen molar-refractivity contribution < 1.29 is 14.7 Å². The summed E-state index contributed by atoms with van der Waals surface area (Å²) >= 11 is 1.86. The van der Waals surface area contributed by atoms with Gasteiger partial charge in [0.15, 0.2) is 6.29 Å². The summed E-state index contributed by atoms with van der Waals surface area (Å²) in [7, 11) is 0. The lowest BCUT2D eigenvalue weighted by Gasteiger charge is -1.82. The molecule has 0 aliphatic carbocycles. The van der Waals surface area contributed by atoms with Crippen LogP contribution in [0.3, 0.4) is 0 Å². The minimum Gasteiger partial charge on any atom is -0.477 e. The molecule has 0 radical (unpaired) electrons. The number of carbonyl (C=O) groups is 2. The zero-order valence-corrected chi connectivity index (χ0v) is 7.45. The van der Waals surface area contributed by atoms with Crippen LogP contribution in [0.4, 0.5) is 0 Å². The third kappa shape index (κ3) is 1.59. The Morgan fingerprint density at radius 2 is 2.36 bits per heavy atom. The maximum atomic E-state index is 10.3. The molecule has 0 fully saturated rings. The van der Waals surface area contributed by atoms with E-state index in [1.807, 2.05) is 22.6 Å². The summed E-state index contributed by atoms with van der Waals surface area (Å²) in [5.41, 5.74) is 0.416. The van der Waals surface area contributed by atoms with Crippen LogP contribution in [0.25, 0.3) is 0 Å². The second kappa shape index (κ2) is 3.04. The molecule has 58 valence electrons. The topological polar surface area (TPSA) is 70.2 Å². The summed E-state index contributed by atoms with van der Waals surface area (Å²) in [6, 6.07) is 1.30. The molecule has 5 heteroatoms. The van der Waals surface area contributed by atoms with Crippen LogP contribution >= 0.6 is 22.6 Å². The van der Waals surface area contributed by atoms with Crippen LogP contribution < -0.4 is 0 Å². The number of aldehydes is 1. The molecular weight excluding hydrogens is 261 g/mol. The van der Waals surface area contributed by atoms with Gasteiger partial charge in [0, 0.05) is 5.56 Å². The number of hydrogen-bond acceptors (Lipinski definition) is 2. The number of hydrogen-bond donors (Lipinski definition) is 2. The van der Waals surface area contributed by atoms with Crippen LogP contribution in [-0.2, 0) is 0 Å². The summed E-state index contributed by atoms with van der Waals surface area (Å²) in [6.07, 6.45) is 0.616. The second-order valence-corrected chi connectivity index (χ2v) is 2.95. The Labute approximate surface area is 75.7 Å². The van der Waals surface area contributed by atoms with E-state index in [1.54, 1.807) is 0 Å². The summed E-state index contributed by atoms with van der Waals surface area (Å²) in [6.45, 7) is 0. The molecule has 4 nitrogen and oxygen atoms in total. The predicted octanol–water partition coefficient (Wildman–Crippen LogP) is 1.13. The number of aromatic carboxylic acids is 1. The van der Waals surface area contributed by atoms with E-state index < -0.39 is 5.97 Å². The molecule has 0 amide bonds. The van der Waals surface area contributed by atoms with Crippen molar-refractivity contribution in [3.63, 3.8) is 0 Å². The molecule has 0 atom stereocenters. The minimum atomic E-state index is -1.06. The van der Waals surface area contributed by atoms with Crippen LogP contribution in [-0.4, -0.2) is 22.3 Å². The number of carbonyl (C=O) groups excluding carboxylic acids is 1. The van der Waals surface area contributed by atoms with Crippen molar-refractivity contribution in [3.05, 3.63) is 21.0 Å². The van der Waals surface area contributed by atoms with Gasteiger partial charge in [-0.3, -0.25) is 4.79 Å². The van der Waals surface area contributed by atoms with Crippen molar-refractivity contribution in [1.29, 1.82) is 0 Å². The lowest BCUT2D eigenvalue weighted by atomic mass is 10.3. The number of H-pyrrole nitrogens is 1. The fourth-order valence-electron chi connectivity index (χ4n) is 0.646. The van der Waals surface area contributed by atoms with Gasteiger partial charge in [-0.25, -0.2) is 4.79 Å². The number of aromatic amines is 1. The van der Waals surface area contributed by atoms with Crippen molar-refractivity contribution in [3.8, 4) is 0 Å². The summed E-state index contributed by atoms with van der Waals surface area (Å²) in [5, 5.41) is 8.47. The van der Waals surface area contributed by atoms with Gasteiger partial charge in [0.05, 0.1) is 3.70 Å². The number of rotatable bonds is 2. The molecule has 0 aromatic carbocycles. The SMILES string of the molecule is O=Cc1cc(C(=O)O)[nH]c1I. The van der Waals surface area contributed by atoms with Gasteiger partial charge in [0.25, 0.3) is 0 Å². The Bertz CT molecular complexity index is 305. The van der Waals surface area contributed by atoms with E-state index >= 15 is 0 Å². The van der Waals surface area contributed by atoms with Crippen LogP contribution in [0.2, 0.25) is 0 Å². The largest absolute Gasteiger partial charge is 0.477 e. The molecule has 1 rings (SSSR count). The summed E-state index contributed by atoms with van der Waals surface area (Å²) in [5.74, 6) is -1.06. The van der Waals surface area contributed by atoms with Crippen molar-refractivity contribution in [2.75, 3.05) is 0 Å². The molecule has 11 heavy (non-hydrogen) atoms. The Balaban J connectivity index is 3.14. The van der Waals surface area contributed by atoms with Gasteiger partial charge in [-0.2, -0.15) is 0 Å². The number of aromatic nitrogens is 1. The molecule has 0 aliphatic heterocycles. The lowest BCUT2D eigenvalue weighted by molar-refractivity contribution is 0.0691. The standard InChI is InChI=1S/C6H4INO3/c7-5-3(2-9)1-4(8-5)6(10)11/h1-2,8H,(H,10,11). The first-order valence-corrected chi connectivity index (χ1v) is 3.80. The zero-order chi connectivity index (χ0) is 8.43. The monoisotopic (exact) mass is 265 g/mol. The predicted molar refractivity (Wildman–Crippen MR) is 45.9 cm³/mol. The molecule has 2 N–H and O–H groups in total. The van der Waals surface area contributed by atoms with Crippen LogP contribution in [0.15, 0.2) is 6.07 Å². The molecule has 0 spiro atoms. The summed E-state index contributed by atoms with van der Waals surface area (Å²) in [4.78, 5) is 23.1. The second-order valence-electron chi connectivity index (χ2n) is 1.88. The average molecular weight is 265 g/mol. The highest BCUT2D eigenvalue weighted by Gasteiger charge is 2.09. The van der Waals surface area contributed by atoms with Crippen molar-refractivity contribution in [2.45, 2.75) is 0 Å². The molecule has 1 aromatic rings. The molecule has 0 saturated carbocycles. The van der Waals surface area contributed by atoms with E-state index in [9.17, 15) is 9.59 Å². The first-order valence-electron chi connectivity index (χ1n) is 2.72. The fraction of sp³-hybridized carbons (Fsp3) is 0. The molecule has 0 aliphatic rings. The highest BCUT2D eigenvalue weighted by Crippen LogP contribution is 2.10. The Morgan fingerprint density at radius 3 is 2.64 bits per heavy atom. The van der Waals surface area contributed by atoms with Gasteiger partial charge < -0.3 is 10.1 Å². The Hall–Kier alpha value is -0.850. The average Bonchev–Trinajstić information content (AvgIpc) is 2.31. The highest BCUT2D eigenvalue weighted by atomic mass is 127. The molecule has 0 bridgehead atoms. The van der Waals surface area contributed by atoms with Gasteiger partial charge in [0.2, 0.25) is 0 Å². The normalized spacial score (nSPS) is 9.55. The first-order chi connectivity index (χ1) is 5.15. The quantitative estimate of drug-likeness (QED) is 0.622. The number of nitrogens with one attached hydrogen (secondary N) is 1. The molecule has 0 saturated heterocycles. The van der Waals surface area contributed by atoms with Gasteiger partial charge in [-0.05, 0) is 28.7 Å². The minimum absolute atomic E-state index is 0.0384. The van der Waals surface area contributed by atoms with Gasteiger partial charge in [0.1, 0.15) is 5.69 Å². The van der Waals surface area contributed by atoms with E-state index in [-0.39, 0.29) is 5.69 Å². The third-order valence-electron chi connectivity index (χ3n) is 1.16. The van der Waals surface area contributed by atoms with Gasteiger partial charge >= 0.3 is 5.97 Å². The van der Waals surface area contributed by atoms with Gasteiger partial charge in [-0.1, -0.05) is 0 Å². The fourth-order valence-corrected chi connectivity index (χ4v) is 1.22. The summed E-state index contributed by atoms with van der Waals surface area (Å²) < 4.78 is 0.551. The van der Waals surface area contributed by atoms with E-state index in [1.165, 1.54) is 6.07 Å². The molecule has 1 aromatic heterocycles. The Morgan fingerprint density at radius 1 is 1.73 bits per heavy atom. The van der Waals surface area contributed by atoms with Crippen LogP contribution in [0, 0.1) is 3.70 Å². The van der Waals surface area contributed by atoms with E-state index in [0.717, 1.165) is 0 Å². The third-order valence-corrected chi connectivity index (χ3v) is 2.05. The van der Waals surface area contributed by atoms with Crippen molar-refractivity contribution in [1.82, 2.24) is 4.98 Å². The molecular formula is C6H4INO3. The van der Waals surface area contributed by atoms with E-state index in [4.69, 9.17) is 5.11 Å². The number of carboxylic acids is 1. The van der Waals surface area contributed by atoms with Crippen molar-refractivity contribution in [2.24, 2.45) is 0 Å². The molecule has 1 heterocycles. The van der Waals surface area contributed by atoms with E-state index in [2.05, 4.69) is 4.98 Å². The maximum absolute atomic E-state index is 10.3. The lowest BCUT2D eigenvalue weighted by Crippen LogP contribution is -1.95.